The molecule has 1 amide bonds. The van der Waals surface area contributed by atoms with Crippen molar-refractivity contribution < 1.29 is 4.79 Å². The first kappa shape index (κ1) is 18.0. The van der Waals surface area contributed by atoms with Gasteiger partial charge in [-0.05, 0) is 49.1 Å². The summed E-state index contributed by atoms with van der Waals surface area (Å²) in [5.41, 5.74) is 4.10. The summed E-state index contributed by atoms with van der Waals surface area (Å²) in [6.45, 7) is 3.97. The largest absolute Gasteiger partial charge is 0.322 e. The van der Waals surface area contributed by atoms with Gasteiger partial charge in [-0.15, -0.1) is 0 Å². The minimum atomic E-state index is -0.152. The van der Waals surface area contributed by atoms with E-state index in [0.29, 0.717) is 17.1 Å². The summed E-state index contributed by atoms with van der Waals surface area (Å²) in [4.78, 5) is 24.9. The molecule has 0 aliphatic rings. The molecule has 0 radical (unpaired) electrons. The fourth-order valence-electron chi connectivity index (χ4n) is 2.72. The van der Waals surface area contributed by atoms with E-state index in [1.807, 2.05) is 31.2 Å². The topological polar surface area (TPSA) is 67.8 Å². The zero-order valence-corrected chi connectivity index (χ0v) is 15.4. The van der Waals surface area contributed by atoms with Crippen LogP contribution in [0.1, 0.15) is 40.2 Å². The molecule has 1 N–H and O–H groups in total. The molecular weight excluding hydrogens is 348 g/mol. The van der Waals surface area contributed by atoms with Crippen LogP contribution in [0.2, 0.25) is 5.15 Å². The van der Waals surface area contributed by atoms with E-state index in [1.54, 1.807) is 24.5 Å². The van der Waals surface area contributed by atoms with E-state index in [0.717, 1.165) is 22.6 Å². The van der Waals surface area contributed by atoms with E-state index in [4.69, 9.17) is 11.6 Å². The van der Waals surface area contributed by atoms with Crippen molar-refractivity contribution >= 4 is 23.2 Å². The smallest absolute Gasteiger partial charge is 0.255 e. The average molecular weight is 367 g/mol. The molecule has 0 unspecified atom stereocenters. The molecule has 1 aromatic carbocycles. The van der Waals surface area contributed by atoms with Crippen LogP contribution in [-0.2, 0) is 6.42 Å². The number of nitrogens with zero attached hydrogens (tertiary/aromatic N) is 3. The first-order valence-electron chi connectivity index (χ1n) is 8.31. The highest BCUT2D eigenvalue weighted by atomic mass is 35.5. The van der Waals surface area contributed by atoms with Crippen LogP contribution < -0.4 is 5.32 Å². The van der Waals surface area contributed by atoms with E-state index in [-0.39, 0.29) is 11.8 Å². The van der Waals surface area contributed by atoms with Gasteiger partial charge in [0, 0.05) is 29.3 Å². The van der Waals surface area contributed by atoms with Gasteiger partial charge in [0.25, 0.3) is 5.91 Å². The molecule has 0 saturated carbocycles. The van der Waals surface area contributed by atoms with Crippen molar-refractivity contribution in [3.63, 3.8) is 0 Å². The number of halogens is 1. The third-order valence-corrected chi connectivity index (χ3v) is 4.22. The fraction of sp³-hybridized carbons (Fsp3) is 0.200. The van der Waals surface area contributed by atoms with Crippen LogP contribution in [0, 0.1) is 6.92 Å². The molecule has 0 aliphatic carbocycles. The maximum absolute atomic E-state index is 12.4. The quantitative estimate of drug-likeness (QED) is 0.725. The Labute approximate surface area is 157 Å². The third kappa shape index (κ3) is 4.64. The third-order valence-electron chi connectivity index (χ3n) is 4.04. The van der Waals surface area contributed by atoms with Crippen molar-refractivity contribution in [3.05, 3.63) is 82.7 Å². The highest BCUT2D eigenvalue weighted by Crippen LogP contribution is 2.23. The summed E-state index contributed by atoms with van der Waals surface area (Å²) >= 11 is 5.90. The monoisotopic (exact) mass is 366 g/mol. The van der Waals surface area contributed by atoms with Gasteiger partial charge in [0.1, 0.15) is 5.15 Å². The molecule has 0 saturated heterocycles. The number of rotatable bonds is 5. The second kappa shape index (κ2) is 8.06. The Balaban J connectivity index is 1.72. The van der Waals surface area contributed by atoms with Gasteiger partial charge >= 0.3 is 0 Å². The van der Waals surface area contributed by atoms with Crippen molar-refractivity contribution in [1.82, 2.24) is 15.0 Å². The van der Waals surface area contributed by atoms with Gasteiger partial charge in [-0.25, -0.2) is 4.98 Å². The van der Waals surface area contributed by atoms with Crippen molar-refractivity contribution in [1.29, 1.82) is 0 Å². The minimum Gasteiger partial charge on any atom is -0.322 e. The highest BCUT2D eigenvalue weighted by Gasteiger charge is 2.11. The number of aromatic nitrogens is 3. The molecule has 3 aromatic rings. The second-order valence-corrected chi connectivity index (χ2v) is 6.59. The van der Waals surface area contributed by atoms with E-state index >= 15 is 0 Å². The number of aryl methyl sites for hydroxylation is 1. The van der Waals surface area contributed by atoms with Crippen LogP contribution in [0.25, 0.3) is 0 Å². The Morgan fingerprint density at radius 3 is 2.85 bits per heavy atom. The van der Waals surface area contributed by atoms with Crippen molar-refractivity contribution in [3.8, 4) is 0 Å². The van der Waals surface area contributed by atoms with Crippen LogP contribution in [0.4, 0.5) is 5.69 Å². The number of anilines is 1. The lowest BCUT2D eigenvalue weighted by atomic mass is 9.96. The van der Waals surface area contributed by atoms with Gasteiger partial charge in [0.05, 0.1) is 11.9 Å². The molecule has 0 fully saturated rings. The van der Waals surface area contributed by atoms with E-state index < -0.39 is 0 Å². The van der Waals surface area contributed by atoms with Crippen molar-refractivity contribution in [2.45, 2.75) is 26.2 Å². The van der Waals surface area contributed by atoms with Crippen LogP contribution in [-0.4, -0.2) is 20.9 Å². The van der Waals surface area contributed by atoms with Crippen LogP contribution in [0.5, 0.6) is 0 Å². The number of nitrogens with one attached hydrogen (secondary N) is 1. The Hall–Kier alpha value is -2.79. The van der Waals surface area contributed by atoms with Gasteiger partial charge < -0.3 is 5.32 Å². The van der Waals surface area contributed by atoms with Crippen molar-refractivity contribution in [2.75, 3.05) is 5.32 Å². The Bertz CT molecular complexity index is 929. The summed E-state index contributed by atoms with van der Waals surface area (Å²) in [6.07, 6.45) is 5.59. The molecular formula is C20H19ClN4O. The van der Waals surface area contributed by atoms with Gasteiger partial charge in [0.15, 0.2) is 0 Å². The normalized spacial score (nSPS) is 11.8. The van der Waals surface area contributed by atoms with Gasteiger partial charge in [-0.2, -0.15) is 0 Å². The zero-order chi connectivity index (χ0) is 18.5. The lowest BCUT2D eigenvalue weighted by Gasteiger charge is -2.13. The number of benzene rings is 1. The van der Waals surface area contributed by atoms with E-state index in [1.165, 1.54) is 6.20 Å². The molecule has 26 heavy (non-hydrogen) atoms. The second-order valence-electron chi connectivity index (χ2n) is 6.20. The number of pyridine rings is 1. The van der Waals surface area contributed by atoms with Crippen LogP contribution >= 0.6 is 11.6 Å². The van der Waals surface area contributed by atoms with E-state index in [9.17, 15) is 4.79 Å². The molecule has 0 spiro atoms. The molecule has 2 heterocycles. The molecule has 6 heteroatoms. The summed E-state index contributed by atoms with van der Waals surface area (Å²) in [5.74, 6) is 0.0591. The standard InChI is InChI=1S/C20H19ClN4O/c1-13(8-18-11-22-12-19(21)24-18)15-4-3-5-17(10-15)25-20(26)16-6-7-23-14(2)9-16/h3-7,9-13H,8H2,1-2H3,(H,25,26)/t13-/m1/s1. The zero-order valence-electron chi connectivity index (χ0n) is 14.6. The molecule has 0 aliphatic heterocycles. The average Bonchev–Trinajstić information content (AvgIpc) is 2.62. The van der Waals surface area contributed by atoms with Gasteiger partial charge in [0.2, 0.25) is 0 Å². The lowest BCUT2D eigenvalue weighted by molar-refractivity contribution is 0.102. The summed E-state index contributed by atoms with van der Waals surface area (Å²) in [7, 11) is 0. The van der Waals surface area contributed by atoms with Gasteiger partial charge in [-0.1, -0.05) is 30.7 Å². The number of carbonyl (C=O) groups excluding carboxylic acids is 1. The first-order chi connectivity index (χ1) is 12.5. The number of hydrogen-bond donors (Lipinski definition) is 1. The number of carbonyl (C=O) groups is 1. The molecule has 3 rings (SSSR count). The molecule has 1 atom stereocenters. The SMILES string of the molecule is Cc1cc(C(=O)Nc2cccc([C@H](C)Cc3cncc(Cl)n3)c2)ccn1. The Kier molecular flexibility index (Phi) is 5.58. The first-order valence-corrected chi connectivity index (χ1v) is 8.69. The predicted molar refractivity (Wildman–Crippen MR) is 103 cm³/mol. The Morgan fingerprint density at radius 2 is 2.08 bits per heavy atom. The maximum Gasteiger partial charge on any atom is 0.255 e. The predicted octanol–water partition coefficient (Wildman–Crippen LogP) is 4.43. The number of hydrogen-bond acceptors (Lipinski definition) is 4. The summed E-state index contributed by atoms with van der Waals surface area (Å²) < 4.78 is 0. The lowest BCUT2D eigenvalue weighted by Crippen LogP contribution is -2.12. The maximum atomic E-state index is 12.4. The summed E-state index contributed by atoms with van der Waals surface area (Å²) in [5, 5.41) is 3.33. The number of amides is 1. The molecule has 0 bridgehead atoms. The van der Waals surface area contributed by atoms with E-state index in [2.05, 4.69) is 27.2 Å². The molecule has 5 nitrogen and oxygen atoms in total. The fourth-order valence-corrected chi connectivity index (χ4v) is 2.89. The molecule has 132 valence electrons. The van der Waals surface area contributed by atoms with Crippen LogP contribution in [0.15, 0.2) is 55.0 Å². The highest BCUT2D eigenvalue weighted by molar-refractivity contribution is 6.29. The summed E-state index contributed by atoms with van der Waals surface area (Å²) in [6, 6.07) is 11.3. The van der Waals surface area contributed by atoms with Gasteiger partial charge in [-0.3, -0.25) is 14.8 Å². The molecule has 2 aromatic heterocycles. The Morgan fingerprint density at radius 1 is 1.23 bits per heavy atom. The van der Waals surface area contributed by atoms with Crippen LogP contribution in [0.3, 0.4) is 0 Å². The minimum absolute atomic E-state index is 0.152. The van der Waals surface area contributed by atoms with Crippen molar-refractivity contribution in [2.24, 2.45) is 0 Å².